The van der Waals surface area contributed by atoms with E-state index in [1.807, 2.05) is 31.2 Å². The summed E-state index contributed by atoms with van der Waals surface area (Å²) in [7, 11) is 1.54. The van der Waals surface area contributed by atoms with Crippen LogP contribution in [0.15, 0.2) is 48.5 Å². The molecule has 0 aliphatic heterocycles. The first kappa shape index (κ1) is 17.0. The zero-order valence-corrected chi connectivity index (χ0v) is 14.2. The molecule has 0 bridgehead atoms. The van der Waals surface area contributed by atoms with Crippen molar-refractivity contribution in [3.8, 4) is 5.75 Å². The second-order valence-corrected chi connectivity index (χ2v) is 5.79. The van der Waals surface area contributed by atoms with Gasteiger partial charge in [-0.1, -0.05) is 31.2 Å². The third-order valence-corrected chi connectivity index (χ3v) is 4.12. The van der Waals surface area contributed by atoms with Crippen LogP contribution in [0.25, 0.3) is 11.0 Å². The summed E-state index contributed by atoms with van der Waals surface area (Å²) in [6, 6.07) is 14.2. The van der Waals surface area contributed by atoms with Crippen LogP contribution in [-0.4, -0.2) is 28.1 Å². The number of benzene rings is 2. The number of nitrogens with zero attached hydrogens (tertiary/aromatic N) is 1. The minimum absolute atomic E-state index is 0.305. The maximum atomic E-state index is 12.5. The second kappa shape index (κ2) is 7.36. The van der Waals surface area contributed by atoms with E-state index < -0.39 is 12.0 Å². The van der Waals surface area contributed by atoms with Crippen molar-refractivity contribution in [2.24, 2.45) is 0 Å². The molecule has 2 atom stereocenters. The highest BCUT2D eigenvalue weighted by Crippen LogP contribution is 2.22. The Bertz CT molecular complexity index is 842. The Hall–Kier alpha value is -2.86. The van der Waals surface area contributed by atoms with E-state index in [0.29, 0.717) is 23.6 Å². The highest BCUT2D eigenvalue weighted by molar-refractivity contribution is 5.82. The molecule has 0 unspecified atom stereocenters. The molecule has 0 fully saturated rings. The zero-order chi connectivity index (χ0) is 17.8. The number of fused-ring (bicyclic) bond motifs is 1. The number of hydrogen-bond acceptors (Lipinski definition) is 4. The van der Waals surface area contributed by atoms with Crippen LogP contribution in [0.4, 0.5) is 0 Å². The van der Waals surface area contributed by atoms with Gasteiger partial charge in [0.25, 0.3) is 5.91 Å². The molecule has 6 nitrogen and oxygen atoms in total. The van der Waals surface area contributed by atoms with Crippen molar-refractivity contribution in [1.82, 2.24) is 15.3 Å². The normalized spacial score (nSPS) is 13.4. The van der Waals surface area contributed by atoms with Gasteiger partial charge in [0.2, 0.25) is 0 Å². The summed E-state index contributed by atoms with van der Waals surface area (Å²) in [5.41, 5.74) is 2.24. The number of nitrogens with one attached hydrogen (secondary N) is 2. The van der Waals surface area contributed by atoms with Crippen LogP contribution in [-0.2, 0) is 4.79 Å². The number of methoxy groups -OCH3 is 1. The Labute approximate surface area is 145 Å². The molecular formula is C19H21N3O3. The summed E-state index contributed by atoms with van der Waals surface area (Å²) in [6.07, 6.45) is -0.621. The first-order chi connectivity index (χ1) is 12.1. The molecule has 130 valence electrons. The number of carbonyl (C=O) groups excluding carboxylic acids is 1. The molecule has 0 saturated heterocycles. The molecule has 2 aromatic carbocycles. The lowest BCUT2D eigenvalue weighted by atomic mass is 10.1. The molecule has 1 heterocycles. The molecule has 0 aliphatic rings. The van der Waals surface area contributed by atoms with E-state index in [0.717, 1.165) is 11.0 Å². The lowest BCUT2D eigenvalue weighted by Crippen LogP contribution is -2.33. The fraction of sp³-hybridized carbons (Fsp3) is 0.263. The van der Waals surface area contributed by atoms with Crippen molar-refractivity contribution in [1.29, 1.82) is 0 Å². The predicted molar refractivity (Wildman–Crippen MR) is 95.2 cm³/mol. The van der Waals surface area contributed by atoms with Gasteiger partial charge < -0.3 is 20.1 Å². The number of aromatic nitrogens is 2. The molecule has 0 aliphatic carbocycles. The van der Waals surface area contributed by atoms with Gasteiger partial charge in [-0.3, -0.25) is 4.79 Å². The molecule has 0 spiro atoms. The van der Waals surface area contributed by atoms with Gasteiger partial charge in [0.15, 0.2) is 6.10 Å². The quantitative estimate of drug-likeness (QED) is 0.644. The van der Waals surface area contributed by atoms with E-state index >= 15 is 0 Å². The number of H-pyrrole nitrogens is 1. The molecule has 3 N–H and O–H groups in total. The van der Waals surface area contributed by atoms with Gasteiger partial charge in [-0.2, -0.15) is 0 Å². The molecule has 0 radical (unpaired) electrons. The van der Waals surface area contributed by atoms with Crippen LogP contribution in [0.5, 0.6) is 5.75 Å². The summed E-state index contributed by atoms with van der Waals surface area (Å²) in [5, 5.41) is 13.2. The molecule has 3 aromatic rings. The van der Waals surface area contributed by atoms with Crippen LogP contribution in [0.1, 0.15) is 36.9 Å². The van der Waals surface area contributed by atoms with E-state index in [9.17, 15) is 9.90 Å². The Balaban J connectivity index is 1.77. The van der Waals surface area contributed by atoms with Crippen molar-refractivity contribution >= 4 is 16.9 Å². The number of ether oxygens (including phenoxy) is 1. The Morgan fingerprint density at radius 1 is 1.28 bits per heavy atom. The number of para-hydroxylation sites is 2. The lowest BCUT2D eigenvalue weighted by Gasteiger charge is -2.18. The Morgan fingerprint density at radius 3 is 2.80 bits per heavy atom. The minimum Gasteiger partial charge on any atom is -0.497 e. The Kier molecular flexibility index (Phi) is 5.00. The largest absolute Gasteiger partial charge is 0.497 e. The number of aromatic amines is 1. The third kappa shape index (κ3) is 3.64. The molecule has 1 aromatic heterocycles. The minimum atomic E-state index is -1.27. The maximum Gasteiger partial charge on any atom is 0.254 e. The number of aliphatic hydroxyl groups is 1. The van der Waals surface area contributed by atoms with Gasteiger partial charge in [0.1, 0.15) is 11.6 Å². The van der Waals surface area contributed by atoms with Gasteiger partial charge in [-0.25, -0.2) is 4.98 Å². The number of amides is 1. The topological polar surface area (TPSA) is 87.2 Å². The standard InChI is InChI=1S/C19H21N3O3/c1-3-14(18-20-15-9-4-5-10-16(15)21-18)22-19(24)17(23)12-7-6-8-13(11-12)25-2/h4-11,14,17,23H,3H2,1-2H3,(H,20,21)(H,22,24)/t14-,17-/m0/s1. The van der Waals surface area contributed by atoms with Crippen LogP contribution < -0.4 is 10.1 Å². The summed E-state index contributed by atoms with van der Waals surface area (Å²) in [4.78, 5) is 20.2. The molecule has 25 heavy (non-hydrogen) atoms. The van der Waals surface area contributed by atoms with Crippen molar-refractivity contribution in [3.05, 3.63) is 59.9 Å². The van der Waals surface area contributed by atoms with Crippen LogP contribution in [0.2, 0.25) is 0 Å². The molecule has 1 amide bonds. The first-order valence-electron chi connectivity index (χ1n) is 8.19. The average Bonchev–Trinajstić information content (AvgIpc) is 3.09. The van der Waals surface area contributed by atoms with Crippen molar-refractivity contribution in [3.63, 3.8) is 0 Å². The van der Waals surface area contributed by atoms with E-state index in [4.69, 9.17) is 4.74 Å². The average molecular weight is 339 g/mol. The van der Waals surface area contributed by atoms with Gasteiger partial charge in [-0.05, 0) is 36.2 Å². The number of imidazole rings is 1. The van der Waals surface area contributed by atoms with Crippen molar-refractivity contribution in [2.45, 2.75) is 25.5 Å². The molecule has 6 heteroatoms. The number of aliphatic hydroxyl groups excluding tert-OH is 1. The van der Waals surface area contributed by atoms with Crippen molar-refractivity contribution < 1.29 is 14.6 Å². The van der Waals surface area contributed by atoms with E-state index in [1.165, 1.54) is 0 Å². The lowest BCUT2D eigenvalue weighted by molar-refractivity contribution is -0.130. The molecular weight excluding hydrogens is 318 g/mol. The highest BCUT2D eigenvalue weighted by Gasteiger charge is 2.23. The maximum absolute atomic E-state index is 12.5. The van der Waals surface area contributed by atoms with E-state index in [1.54, 1.807) is 31.4 Å². The van der Waals surface area contributed by atoms with Gasteiger partial charge in [0, 0.05) is 0 Å². The molecule has 3 rings (SSSR count). The van der Waals surface area contributed by atoms with Crippen LogP contribution >= 0.6 is 0 Å². The summed E-state index contributed by atoms with van der Waals surface area (Å²) in [5.74, 6) is 0.795. The SMILES string of the molecule is CC[C@H](NC(=O)[C@@H](O)c1cccc(OC)c1)c1nc2ccccc2[nH]1. The fourth-order valence-electron chi connectivity index (χ4n) is 2.71. The second-order valence-electron chi connectivity index (χ2n) is 5.79. The predicted octanol–water partition coefficient (Wildman–Crippen LogP) is 2.87. The van der Waals surface area contributed by atoms with Gasteiger partial charge >= 0.3 is 0 Å². The smallest absolute Gasteiger partial charge is 0.254 e. The summed E-state index contributed by atoms with van der Waals surface area (Å²) < 4.78 is 5.13. The Morgan fingerprint density at radius 2 is 2.08 bits per heavy atom. The third-order valence-electron chi connectivity index (χ3n) is 4.12. The van der Waals surface area contributed by atoms with E-state index in [-0.39, 0.29) is 6.04 Å². The first-order valence-corrected chi connectivity index (χ1v) is 8.19. The summed E-state index contributed by atoms with van der Waals surface area (Å²) in [6.45, 7) is 1.95. The van der Waals surface area contributed by atoms with Crippen LogP contribution in [0.3, 0.4) is 0 Å². The fourth-order valence-corrected chi connectivity index (χ4v) is 2.71. The number of hydrogen-bond donors (Lipinski definition) is 3. The van der Waals surface area contributed by atoms with Gasteiger partial charge in [0.05, 0.1) is 24.2 Å². The number of carbonyl (C=O) groups is 1. The van der Waals surface area contributed by atoms with Crippen LogP contribution in [0, 0.1) is 0 Å². The highest BCUT2D eigenvalue weighted by atomic mass is 16.5. The zero-order valence-electron chi connectivity index (χ0n) is 14.2. The van der Waals surface area contributed by atoms with Gasteiger partial charge in [-0.15, -0.1) is 0 Å². The number of rotatable bonds is 6. The monoisotopic (exact) mass is 339 g/mol. The summed E-state index contributed by atoms with van der Waals surface area (Å²) >= 11 is 0. The van der Waals surface area contributed by atoms with E-state index in [2.05, 4.69) is 15.3 Å². The van der Waals surface area contributed by atoms with Crippen molar-refractivity contribution in [2.75, 3.05) is 7.11 Å². The molecule has 0 saturated carbocycles.